The van der Waals surface area contributed by atoms with Gasteiger partial charge in [0, 0.05) is 10.9 Å². The molecular weight excluding hydrogens is 140 g/mol. The highest BCUT2D eigenvalue weighted by Gasteiger charge is 1.85. The minimum Gasteiger partial charge on any atom is -0.115 e. The van der Waals surface area contributed by atoms with Crippen molar-refractivity contribution in [2.24, 2.45) is 0 Å². The Morgan fingerprint density at radius 1 is 1.30 bits per heavy atom. The second-order valence-corrected chi connectivity index (χ2v) is 2.12. The summed E-state index contributed by atoms with van der Waals surface area (Å²) in [5.41, 5.74) is 1.91. The highest BCUT2D eigenvalue weighted by Crippen LogP contribution is 1.99. The largest absolute Gasteiger partial charge is 0.115 e. The molecular formula is C9H6S. The van der Waals surface area contributed by atoms with Gasteiger partial charge in [-0.15, -0.1) is 6.42 Å². The van der Waals surface area contributed by atoms with E-state index in [0.29, 0.717) is 0 Å². The monoisotopic (exact) mass is 146 g/mol. The van der Waals surface area contributed by atoms with Crippen LogP contribution in [0.3, 0.4) is 0 Å². The van der Waals surface area contributed by atoms with Crippen LogP contribution in [0.1, 0.15) is 11.1 Å². The molecule has 1 rings (SSSR count). The first-order valence-corrected chi connectivity index (χ1v) is 3.36. The van der Waals surface area contributed by atoms with Gasteiger partial charge in [-0.2, -0.15) is 0 Å². The molecule has 0 amide bonds. The Labute approximate surface area is 65.9 Å². The van der Waals surface area contributed by atoms with Gasteiger partial charge in [-0.05, 0) is 17.7 Å². The van der Waals surface area contributed by atoms with Crippen LogP contribution in [0.5, 0.6) is 0 Å². The number of terminal acetylenes is 1. The van der Waals surface area contributed by atoms with E-state index in [0.717, 1.165) is 11.1 Å². The number of benzene rings is 1. The van der Waals surface area contributed by atoms with E-state index < -0.39 is 0 Å². The van der Waals surface area contributed by atoms with Crippen molar-refractivity contribution in [2.45, 2.75) is 0 Å². The maximum absolute atomic E-state index is 5.16. The van der Waals surface area contributed by atoms with Crippen LogP contribution in [0.25, 0.3) is 0 Å². The lowest BCUT2D eigenvalue weighted by Gasteiger charge is -1.90. The summed E-state index contributed by atoms with van der Waals surface area (Å²) >= 11 is 4.72. The standard InChI is InChI=1S/C9H6S/c1-2-8-3-5-9(7-10)6-4-8/h1,3-7H. The molecule has 0 saturated carbocycles. The predicted octanol–water partition coefficient (Wildman–Crippen LogP) is 2.02. The summed E-state index contributed by atoms with van der Waals surface area (Å²) in [7, 11) is 0. The molecule has 0 fully saturated rings. The summed E-state index contributed by atoms with van der Waals surface area (Å²) in [6.45, 7) is 0. The zero-order valence-corrected chi connectivity index (χ0v) is 6.19. The Kier molecular flexibility index (Phi) is 2.20. The van der Waals surface area contributed by atoms with Gasteiger partial charge in [0.05, 0.1) is 0 Å². The molecule has 0 aliphatic carbocycles. The number of hydrogen-bond donors (Lipinski definition) is 0. The lowest BCUT2D eigenvalue weighted by Crippen LogP contribution is -1.77. The molecule has 0 aliphatic rings. The van der Waals surface area contributed by atoms with Gasteiger partial charge in [0.2, 0.25) is 0 Å². The zero-order chi connectivity index (χ0) is 7.40. The molecule has 1 aromatic rings. The average Bonchev–Trinajstić information content (AvgIpc) is 2.05. The van der Waals surface area contributed by atoms with Crippen molar-refractivity contribution in [3.8, 4) is 12.3 Å². The topological polar surface area (TPSA) is 0 Å². The van der Waals surface area contributed by atoms with Crippen LogP contribution < -0.4 is 0 Å². The van der Waals surface area contributed by atoms with E-state index >= 15 is 0 Å². The van der Waals surface area contributed by atoms with Crippen molar-refractivity contribution < 1.29 is 0 Å². The third-order valence-electron chi connectivity index (χ3n) is 1.21. The van der Waals surface area contributed by atoms with Crippen molar-refractivity contribution in [3.63, 3.8) is 0 Å². The van der Waals surface area contributed by atoms with Crippen molar-refractivity contribution in [1.29, 1.82) is 0 Å². The Balaban J connectivity index is 3.04. The third kappa shape index (κ3) is 1.43. The Hall–Kier alpha value is -1.13. The fourth-order valence-electron chi connectivity index (χ4n) is 0.658. The number of rotatable bonds is 1. The number of hydrogen-bond acceptors (Lipinski definition) is 1. The summed E-state index contributed by atoms with van der Waals surface area (Å²) < 4.78 is 0. The molecule has 1 aromatic carbocycles. The molecule has 0 unspecified atom stereocenters. The van der Waals surface area contributed by atoms with Crippen LogP contribution in [0.15, 0.2) is 24.3 Å². The normalized spacial score (nSPS) is 8.30. The van der Waals surface area contributed by atoms with E-state index in [4.69, 9.17) is 18.6 Å². The van der Waals surface area contributed by atoms with E-state index in [1.165, 1.54) is 0 Å². The molecule has 0 saturated heterocycles. The average molecular weight is 146 g/mol. The van der Waals surface area contributed by atoms with Gasteiger partial charge in [-0.1, -0.05) is 30.3 Å². The summed E-state index contributed by atoms with van der Waals surface area (Å²) in [6, 6.07) is 7.56. The third-order valence-corrected chi connectivity index (χ3v) is 1.49. The maximum atomic E-state index is 5.16. The van der Waals surface area contributed by atoms with Crippen LogP contribution in [-0.4, -0.2) is 5.37 Å². The highest BCUT2D eigenvalue weighted by molar-refractivity contribution is 7.79. The van der Waals surface area contributed by atoms with Crippen LogP contribution in [0.4, 0.5) is 0 Å². The lowest BCUT2D eigenvalue weighted by atomic mass is 10.2. The van der Waals surface area contributed by atoms with Crippen molar-refractivity contribution in [3.05, 3.63) is 35.4 Å². The van der Waals surface area contributed by atoms with Gasteiger partial charge in [0.1, 0.15) is 0 Å². The van der Waals surface area contributed by atoms with Gasteiger partial charge in [0.25, 0.3) is 0 Å². The molecule has 48 valence electrons. The SMILES string of the molecule is C#Cc1ccc(C=S)cc1. The van der Waals surface area contributed by atoms with Crippen molar-refractivity contribution in [2.75, 3.05) is 0 Å². The first kappa shape index (κ1) is 6.98. The summed E-state index contributed by atoms with van der Waals surface area (Å²) in [5.74, 6) is 2.53. The van der Waals surface area contributed by atoms with Gasteiger partial charge in [-0.3, -0.25) is 0 Å². The molecule has 0 radical (unpaired) electrons. The van der Waals surface area contributed by atoms with Gasteiger partial charge in [-0.25, -0.2) is 0 Å². The minimum absolute atomic E-state index is 0.889. The molecule has 0 spiro atoms. The first-order valence-electron chi connectivity index (χ1n) is 2.88. The number of thiocarbonyl (C=S) groups is 1. The maximum Gasteiger partial charge on any atom is 0.0243 e. The van der Waals surface area contributed by atoms with Gasteiger partial charge >= 0.3 is 0 Å². The Bertz CT molecular complexity index is 264. The lowest BCUT2D eigenvalue weighted by molar-refractivity contribution is 1.63. The predicted molar refractivity (Wildman–Crippen MR) is 47.1 cm³/mol. The smallest absolute Gasteiger partial charge is 0.0243 e. The van der Waals surface area contributed by atoms with Gasteiger partial charge < -0.3 is 0 Å². The van der Waals surface area contributed by atoms with E-state index in [1.807, 2.05) is 24.3 Å². The van der Waals surface area contributed by atoms with Crippen molar-refractivity contribution >= 4 is 17.6 Å². The molecule has 0 aromatic heterocycles. The van der Waals surface area contributed by atoms with E-state index in [1.54, 1.807) is 5.37 Å². The molecule has 0 heterocycles. The second kappa shape index (κ2) is 3.14. The van der Waals surface area contributed by atoms with Crippen LogP contribution in [0, 0.1) is 12.3 Å². The van der Waals surface area contributed by atoms with E-state index in [9.17, 15) is 0 Å². The summed E-state index contributed by atoms with van der Waals surface area (Å²) in [4.78, 5) is 0. The molecule has 10 heavy (non-hydrogen) atoms. The molecule has 0 N–H and O–H groups in total. The zero-order valence-electron chi connectivity index (χ0n) is 5.37. The highest BCUT2D eigenvalue weighted by atomic mass is 32.1. The molecule has 1 heteroatoms. The summed E-state index contributed by atoms with van der Waals surface area (Å²) in [5, 5.41) is 1.63. The second-order valence-electron chi connectivity index (χ2n) is 1.88. The molecule has 0 atom stereocenters. The molecule has 0 aliphatic heterocycles. The van der Waals surface area contributed by atoms with Crippen LogP contribution >= 0.6 is 12.2 Å². The van der Waals surface area contributed by atoms with E-state index in [-0.39, 0.29) is 0 Å². The minimum atomic E-state index is 0.889. The van der Waals surface area contributed by atoms with E-state index in [2.05, 4.69) is 5.92 Å². The molecule has 0 nitrogen and oxygen atoms in total. The first-order chi connectivity index (χ1) is 4.86. The van der Waals surface area contributed by atoms with Crippen molar-refractivity contribution in [1.82, 2.24) is 0 Å². The quantitative estimate of drug-likeness (QED) is 0.431. The Morgan fingerprint density at radius 2 is 1.90 bits per heavy atom. The fourth-order valence-corrected chi connectivity index (χ4v) is 0.815. The van der Waals surface area contributed by atoms with Crippen LogP contribution in [-0.2, 0) is 0 Å². The molecule has 0 bridgehead atoms. The summed E-state index contributed by atoms with van der Waals surface area (Å²) in [6.07, 6.45) is 5.16. The Morgan fingerprint density at radius 3 is 2.30 bits per heavy atom. The fraction of sp³-hybridized carbons (Fsp3) is 0. The van der Waals surface area contributed by atoms with Gasteiger partial charge in [0.15, 0.2) is 0 Å². The van der Waals surface area contributed by atoms with Crippen LogP contribution in [0.2, 0.25) is 0 Å².